The van der Waals surface area contributed by atoms with Crippen molar-refractivity contribution in [2.75, 3.05) is 11.1 Å². The van der Waals surface area contributed by atoms with Gasteiger partial charge in [0.1, 0.15) is 0 Å². The van der Waals surface area contributed by atoms with Gasteiger partial charge in [-0.1, -0.05) is 12.1 Å². The fraction of sp³-hybridized carbons (Fsp3) is 0.143. The Labute approximate surface area is 125 Å². The first-order valence-electron chi connectivity index (χ1n) is 6.16. The summed E-state index contributed by atoms with van der Waals surface area (Å²) in [5, 5.41) is 13.4. The topological polar surface area (TPSA) is 85.1 Å². The lowest BCUT2D eigenvalue weighted by Gasteiger charge is -2.04. The van der Waals surface area contributed by atoms with E-state index in [4.69, 9.17) is 0 Å². The first-order chi connectivity index (χ1) is 10.1. The Morgan fingerprint density at radius 2 is 2.19 bits per heavy atom. The Balaban J connectivity index is 1.80. The minimum atomic E-state index is -0.427. The van der Waals surface area contributed by atoms with E-state index in [1.54, 1.807) is 36.7 Å². The lowest BCUT2D eigenvalue weighted by atomic mass is 10.2. The van der Waals surface area contributed by atoms with Crippen LogP contribution < -0.4 is 5.32 Å². The zero-order chi connectivity index (χ0) is 15.1. The second-order valence-electron chi connectivity index (χ2n) is 4.21. The second-order valence-corrected chi connectivity index (χ2v) is 5.20. The van der Waals surface area contributed by atoms with Gasteiger partial charge in [-0.15, -0.1) is 11.8 Å². The van der Waals surface area contributed by atoms with E-state index in [1.165, 1.54) is 23.9 Å². The molecule has 0 aliphatic carbocycles. The van der Waals surface area contributed by atoms with Crippen LogP contribution in [0.1, 0.15) is 5.56 Å². The highest BCUT2D eigenvalue weighted by atomic mass is 32.2. The Morgan fingerprint density at radius 1 is 1.33 bits per heavy atom. The Hall–Kier alpha value is -2.41. The van der Waals surface area contributed by atoms with E-state index in [9.17, 15) is 14.9 Å². The van der Waals surface area contributed by atoms with Crippen LogP contribution in [0.5, 0.6) is 0 Å². The van der Waals surface area contributed by atoms with Crippen molar-refractivity contribution in [2.45, 2.75) is 5.75 Å². The van der Waals surface area contributed by atoms with Gasteiger partial charge in [0.15, 0.2) is 0 Å². The first kappa shape index (κ1) is 15.0. The number of aromatic nitrogens is 1. The Morgan fingerprint density at radius 3 is 2.90 bits per heavy atom. The summed E-state index contributed by atoms with van der Waals surface area (Å²) in [6, 6.07) is 9.92. The van der Waals surface area contributed by atoms with Crippen LogP contribution in [-0.4, -0.2) is 21.6 Å². The van der Waals surface area contributed by atoms with Crippen LogP contribution in [0.25, 0.3) is 0 Å². The number of non-ortho nitro benzene ring substituents is 1. The van der Waals surface area contributed by atoms with Gasteiger partial charge in [-0.25, -0.2) is 0 Å². The van der Waals surface area contributed by atoms with E-state index in [0.717, 1.165) is 5.56 Å². The zero-order valence-corrected chi connectivity index (χ0v) is 11.9. The van der Waals surface area contributed by atoms with E-state index in [1.807, 2.05) is 0 Å². The molecule has 0 saturated heterocycles. The number of rotatable bonds is 6. The number of nitro benzene ring substituents is 1. The number of nitro groups is 1. The molecule has 6 nitrogen and oxygen atoms in total. The molecular formula is C14H13N3O3S. The maximum absolute atomic E-state index is 11.7. The van der Waals surface area contributed by atoms with Crippen LogP contribution in [0, 0.1) is 10.1 Å². The van der Waals surface area contributed by atoms with Crippen LogP contribution in [0.4, 0.5) is 11.4 Å². The number of carbonyl (C=O) groups is 1. The highest BCUT2D eigenvalue weighted by molar-refractivity contribution is 7.99. The molecule has 7 heteroatoms. The summed E-state index contributed by atoms with van der Waals surface area (Å²) in [5.74, 6) is 0.693. The molecule has 1 heterocycles. The largest absolute Gasteiger partial charge is 0.324 e. The van der Waals surface area contributed by atoms with E-state index in [2.05, 4.69) is 10.3 Å². The van der Waals surface area contributed by atoms with Crippen molar-refractivity contribution in [1.82, 2.24) is 4.98 Å². The molecule has 0 radical (unpaired) electrons. The van der Waals surface area contributed by atoms with Gasteiger partial charge in [-0.2, -0.15) is 0 Å². The third kappa shape index (κ3) is 4.88. The van der Waals surface area contributed by atoms with Crippen LogP contribution in [0.2, 0.25) is 0 Å². The summed E-state index contributed by atoms with van der Waals surface area (Å²) in [4.78, 5) is 25.9. The standard InChI is InChI=1S/C14H13N3O3S/c18-14(16-12-4-2-6-15-8-12)10-21-9-11-3-1-5-13(7-11)17(19)20/h1-8H,9-10H2,(H,16,18). The molecule has 1 aromatic carbocycles. The molecule has 0 fully saturated rings. The first-order valence-corrected chi connectivity index (χ1v) is 7.31. The molecule has 2 aromatic rings. The molecule has 0 unspecified atom stereocenters. The maximum atomic E-state index is 11.7. The molecule has 0 spiro atoms. The normalized spacial score (nSPS) is 10.1. The number of nitrogens with one attached hydrogen (secondary N) is 1. The number of nitrogens with zero attached hydrogens (tertiary/aromatic N) is 2. The third-order valence-electron chi connectivity index (χ3n) is 2.57. The maximum Gasteiger partial charge on any atom is 0.269 e. The highest BCUT2D eigenvalue weighted by Gasteiger charge is 2.07. The molecule has 1 aromatic heterocycles. The van der Waals surface area contributed by atoms with E-state index in [-0.39, 0.29) is 17.3 Å². The van der Waals surface area contributed by atoms with Gasteiger partial charge in [0.2, 0.25) is 5.91 Å². The molecule has 0 aliphatic heterocycles. The smallest absolute Gasteiger partial charge is 0.269 e. The van der Waals surface area contributed by atoms with Gasteiger partial charge in [0, 0.05) is 24.1 Å². The summed E-state index contributed by atoms with van der Waals surface area (Å²) >= 11 is 1.40. The number of amides is 1. The number of pyridine rings is 1. The Bertz CT molecular complexity index is 634. The number of hydrogen-bond donors (Lipinski definition) is 1. The second kappa shape index (κ2) is 7.39. The lowest BCUT2D eigenvalue weighted by Crippen LogP contribution is -2.14. The van der Waals surface area contributed by atoms with Gasteiger partial charge in [-0.05, 0) is 17.7 Å². The average molecular weight is 303 g/mol. The van der Waals surface area contributed by atoms with Crippen molar-refractivity contribution >= 4 is 29.0 Å². The summed E-state index contributed by atoms with van der Waals surface area (Å²) in [6.07, 6.45) is 3.20. The van der Waals surface area contributed by atoms with Gasteiger partial charge >= 0.3 is 0 Å². The molecule has 21 heavy (non-hydrogen) atoms. The fourth-order valence-electron chi connectivity index (χ4n) is 1.66. The number of benzene rings is 1. The number of anilines is 1. The van der Waals surface area contributed by atoms with Crippen LogP contribution >= 0.6 is 11.8 Å². The predicted octanol–water partition coefficient (Wildman–Crippen LogP) is 2.86. The third-order valence-corrected chi connectivity index (χ3v) is 3.57. The predicted molar refractivity (Wildman–Crippen MR) is 82.1 cm³/mol. The van der Waals surface area contributed by atoms with Crippen molar-refractivity contribution in [3.8, 4) is 0 Å². The van der Waals surface area contributed by atoms with E-state index in [0.29, 0.717) is 11.4 Å². The van der Waals surface area contributed by atoms with Gasteiger partial charge in [0.05, 0.1) is 22.6 Å². The summed E-state index contributed by atoms with van der Waals surface area (Å²) in [5.41, 5.74) is 1.54. The molecule has 108 valence electrons. The average Bonchev–Trinajstić information content (AvgIpc) is 2.48. The molecule has 1 N–H and O–H groups in total. The summed E-state index contributed by atoms with van der Waals surface area (Å²) in [6.45, 7) is 0. The van der Waals surface area contributed by atoms with Crippen LogP contribution in [0.15, 0.2) is 48.8 Å². The van der Waals surface area contributed by atoms with Gasteiger partial charge in [-0.3, -0.25) is 19.9 Å². The summed E-state index contributed by atoms with van der Waals surface area (Å²) in [7, 11) is 0. The number of thioether (sulfide) groups is 1. The number of carbonyl (C=O) groups excluding carboxylic acids is 1. The van der Waals surface area contributed by atoms with Crippen molar-refractivity contribution in [3.63, 3.8) is 0 Å². The SMILES string of the molecule is O=C(CSCc1cccc([N+](=O)[O-])c1)Nc1cccnc1. The van der Waals surface area contributed by atoms with Gasteiger partial charge < -0.3 is 5.32 Å². The quantitative estimate of drug-likeness (QED) is 0.655. The van der Waals surface area contributed by atoms with E-state index < -0.39 is 4.92 Å². The minimum Gasteiger partial charge on any atom is -0.324 e. The van der Waals surface area contributed by atoms with Crippen molar-refractivity contribution in [2.24, 2.45) is 0 Å². The molecule has 0 saturated carbocycles. The summed E-state index contributed by atoms with van der Waals surface area (Å²) < 4.78 is 0. The molecular weight excluding hydrogens is 290 g/mol. The molecule has 1 amide bonds. The van der Waals surface area contributed by atoms with E-state index >= 15 is 0 Å². The minimum absolute atomic E-state index is 0.0629. The zero-order valence-electron chi connectivity index (χ0n) is 11.1. The van der Waals surface area contributed by atoms with Crippen LogP contribution in [-0.2, 0) is 10.5 Å². The van der Waals surface area contributed by atoms with Gasteiger partial charge in [0.25, 0.3) is 5.69 Å². The van der Waals surface area contributed by atoms with Crippen molar-refractivity contribution < 1.29 is 9.72 Å². The highest BCUT2D eigenvalue weighted by Crippen LogP contribution is 2.18. The molecule has 0 atom stereocenters. The monoisotopic (exact) mass is 303 g/mol. The number of hydrogen-bond acceptors (Lipinski definition) is 5. The van der Waals surface area contributed by atoms with Crippen LogP contribution in [0.3, 0.4) is 0 Å². The Kier molecular flexibility index (Phi) is 5.28. The molecule has 2 rings (SSSR count). The lowest BCUT2D eigenvalue weighted by molar-refractivity contribution is -0.384. The van der Waals surface area contributed by atoms with Crippen molar-refractivity contribution in [1.29, 1.82) is 0 Å². The molecule has 0 bridgehead atoms. The molecule has 0 aliphatic rings. The van der Waals surface area contributed by atoms with Crippen molar-refractivity contribution in [3.05, 3.63) is 64.5 Å². The fourth-order valence-corrected chi connectivity index (χ4v) is 2.43.